The van der Waals surface area contributed by atoms with Crippen LogP contribution in [0.15, 0.2) is 72.9 Å². The van der Waals surface area contributed by atoms with E-state index in [-0.39, 0.29) is 5.91 Å². The number of benzene rings is 2. The van der Waals surface area contributed by atoms with Crippen molar-refractivity contribution >= 4 is 27.5 Å². The van der Waals surface area contributed by atoms with E-state index < -0.39 is 0 Å². The number of nitrogens with one attached hydrogen (secondary N) is 1. The number of rotatable bonds is 4. The molecule has 0 radical (unpaired) electrons. The molecule has 114 valence electrons. The Bertz CT molecular complexity index is 801. The molecule has 4 heteroatoms. The van der Waals surface area contributed by atoms with Gasteiger partial charge in [-0.25, -0.2) is 0 Å². The van der Waals surface area contributed by atoms with Crippen molar-refractivity contribution in [2.75, 3.05) is 5.32 Å². The van der Waals surface area contributed by atoms with Crippen molar-refractivity contribution < 1.29 is 4.79 Å². The van der Waals surface area contributed by atoms with Gasteiger partial charge in [-0.15, -0.1) is 0 Å². The highest BCUT2D eigenvalue weighted by Gasteiger charge is 2.07. The number of amides is 1. The molecular weight excluding hydrogens is 352 g/mol. The molecule has 0 spiro atoms. The summed E-state index contributed by atoms with van der Waals surface area (Å²) in [5, 5.41) is 3.71. The fourth-order valence-corrected chi connectivity index (χ4v) is 2.61. The second kappa shape index (κ2) is 7.20. The lowest BCUT2D eigenvalue weighted by Gasteiger charge is -2.08. The predicted octanol–water partition coefficient (Wildman–Crippen LogP) is 4.90. The summed E-state index contributed by atoms with van der Waals surface area (Å²) in [6.07, 6.45) is 1.76. The highest BCUT2D eigenvalue weighted by molar-refractivity contribution is 9.08. The van der Waals surface area contributed by atoms with Crippen LogP contribution in [0.25, 0.3) is 11.3 Å². The molecule has 0 aliphatic heterocycles. The molecular formula is C19H15BrN2O. The van der Waals surface area contributed by atoms with Crippen LogP contribution in [0.3, 0.4) is 0 Å². The number of hydrogen-bond acceptors (Lipinski definition) is 2. The van der Waals surface area contributed by atoms with Gasteiger partial charge in [0, 0.05) is 28.3 Å². The summed E-state index contributed by atoms with van der Waals surface area (Å²) < 4.78 is 0. The maximum absolute atomic E-state index is 12.3. The molecule has 0 saturated carbocycles. The number of aromatic nitrogens is 1. The minimum atomic E-state index is -0.121. The molecule has 1 heterocycles. The van der Waals surface area contributed by atoms with E-state index >= 15 is 0 Å². The van der Waals surface area contributed by atoms with Gasteiger partial charge in [0.25, 0.3) is 5.91 Å². The molecule has 2 aromatic carbocycles. The lowest BCUT2D eigenvalue weighted by atomic mass is 10.1. The van der Waals surface area contributed by atoms with Gasteiger partial charge in [-0.2, -0.15) is 0 Å². The fraction of sp³-hybridized carbons (Fsp3) is 0.0526. The van der Waals surface area contributed by atoms with E-state index in [1.54, 1.807) is 6.20 Å². The van der Waals surface area contributed by atoms with Gasteiger partial charge < -0.3 is 5.32 Å². The van der Waals surface area contributed by atoms with Crippen LogP contribution >= 0.6 is 15.9 Å². The van der Waals surface area contributed by atoms with E-state index in [1.165, 1.54) is 0 Å². The highest BCUT2D eigenvalue weighted by atomic mass is 79.9. The quantitative estimate of drug-likeness (QED) is 0.667. The van der Waals surface area contributed by atoms with Crippen molar-refractivity contribution in [2.24, 2.45) is 0 Å². The Morgan fingerprint density at radius 2 is 1.83 bits per heavy atom. The lowest BCUT2D eigenvalue weighted by molar-refractivity contribution is 0.102. The van der Waals surface area contributed by atoms with Crippen LogP contribution in [-0.4, -0.2) is 10.9 Å². The number of halogens is 1. The molecule has 0 bridgehead atoms. The highest BCUT2D eigenvalue weighted by Crippen LogP contribution is 2.21. The van der Waals surface area contributed by atoms with Gasteiger partial charge in [-0.1, -0.05) is 46.3 Å². The van der Waals surface area contributed by atoms with Crippen LogP contribution in [0.4, 0.5) is 5.69 Å². The van der Waals surface area contributed by atoms with E-state index in [0.717, 1.165) is 27.8 Å². The zero-order chi connectivity index (χ0) is 16.1. The lowest BCUT2D eigenvalue weighted by Crippen LogP contribution is -2.11. The maximum atomic E-state index is 12.3. The minimum Gasteiger partial charge on any atom is -0.322 e. The van der Waals surface area contributed by atoms with E-state index in [1.807, 2.05) is 66.7 Å². The SMILES string of the molecule is O=C(Nc1cccc(-c2ccccn2)c1)c1ccc(CBr)cc1. The first kappa shape index (κ1) is 15.4. The predicted molar refractivity (Wildman–Crippen MR) is 96.7 cm³/mol. The van der Waals surface area contributed by atoms with Crippen molar-refractivity contribution in [3.63, 3.8) is 0 Å². The van der Waals surface area contributed by atoms with Gasteiger partial charge in [-0.05, 0) is 42.0 Å². The third-order valence-corrected chi connectivity index (χ3v) is 4.10. The first-order valence-corrected chi connectivity index (χ1v) is 8.36. The van der Waals surface area contributed by atoms with Crippen LogP contribution in [0.1, 0.15) is 15.9 Å². The monoisotopic (exact) mass is 366 g/mol. The van der Waals surface area contributed by atoms with Crippen LogP contribution in [0.5, 0.6) is 0 Å². The first-order chi connectivity index (χ1) is 11.3. The molecule has 0 atom stereocenters. The fourth-order valence-electron chi connectivity index (χ4n) is 2.24. The number of carbonyl (C=O) groups excluding carboxylic acids is 1. The topological polar surface area (TPSA) is 42.0 Å². The molecule has 0 aliphatic rings. The number of anilines is 1. The number of carbonyl (C=O) groups is 1. The summed E-state index contributed by atoms with van der Waals surface area (Å²) in [7, 11) is 0. The summed E-state index contributed by atoms with van der Waals surface area (Å²) in [4.78, 5) is 16.7. The van der Waals surface area contributed by atoms with Gasteiger partial charge in [0.1, 0.15) is 0 Å². The molecule has 0 aliphatic carbocycles. The third kappa shape index (κ3) is 3.85. The zero-order valence-electron chi connectivity index (χ0n) is 12.4. The zero-order valence-corrected chi connectivity index (χ0v) is 14.0. The van der Waals surface area contributed by atoms with E-state index in [2.05, 4.69) is 26.2 Å². The average Bonchev–Trinajstić information content (AvgIpc) is 2.63. The molecule has 1 aromatic heterocycles. The van der Waals surface area contributed by atoms with Crippen LogP contribution < -0.4 is 5.32 Å². The van der Waals surface area contributed by atoms with E-state index in [0.29, 0.717) is 5.56 Å². The number of nitrogens with zero attached hydrogens (tertiary/aromatic N) is 1. The number of alkyl halides is 1. The van der Waals surface area contributed by atoms with E-state index in [4.69, 9.17) is 0 Å². The molecule has 3 aromatic rings. The molecule has 23 heavy (non-hydrogen) atoms. The van der Waals surface area contributed by atoms with E-state index in [9.17, 15) is 4.79 Å². The van der Waals surface area contributed by atoms with Gasteiger partial charge in [0.2, 0.25) is 0 Å². The molecule has 0 saturated heterocycles. The Labute approximate surface area is 143 Å². The molecule has 3 nitrogen and oxygen atoms in total. The molecule has 1 amide bonds. The number of pyridine rings is 1. The van der Waals surface area contributed by atoms with Crippen LogP contribution in [0, 0.1) is 0 Å². The molecule has 0 fully saturated rings. The van der Waals surface area contributed by atoms with Crippen LogP contribution in [0.2, 0.25) is 0 Å². The number of hydrogen-bond donors (Lipinski definition) is 1. The minimum absolute atomic E-state index is 0.121. The standard InChI is InChI=1S/C19H15BrN2O/c20-13-14-7-9-15(10-8-14)19(23)22-17-5-3-4-16(12-17)18-6-1-2-11-21-18/h1-12H,13H2,(H,22,23). The molecule has 0 unspecified atom stereocenters. The van der Waals surface area contributed by atoms with Gasteiger partial charge in [-0.3, -0.25) is 9.78 Å². The second-order valence-corrected chi connectivity index (χ2v) is 5.64. The Hall–Kier alpha value is -2.46. The Morgan fingerprint density at radius 3 is 2.52 bits per heavy atom. The van der Waals surface area contributed by atoms with Crippen molar-refractivity contribution in [2.45, 2.75) is 5.33 Å². The Kier molecular flexibility index (Phi) is 4.83. The summed E-state index contributed by atoms with van der Waals surface area (Å²) in [5.74, 6) is -0.121. The van der Waals surface area contributed by atoms with Crippen LogP contribution in [-0.2, 0) is 5.33 Å². The Balaban J connectivity index is 1.78. The molecule has 3 rings (SSSR count). The average molecular weight is 367 g/mol. The van der Waals surface area contributed by atoms with Gasteiger partial charge in [0.05, 0.1) is 5.69 Å². The third-order valence-electron chi connectivity index (χ3n) is 3.45. The normalized spacial score (nSPS) is 10.3. The van der Waals surface area contributed by atoms with Gasteiger partial charge >= 0.3 is 0 Å². The largest absolute Gasteiger partial charge is 0.322 e. The molecule has 1 N–H and O–H groups in total. The van der Waals surface area contributed by atoms with Crippen molar-refractivity contribution in [1.82, 2.24) is 4.98 Å². The van der Waals surface area contributed by atoms with Crippen molar-refractivity contribution in [1.29, 1.82) is 0 Å². The smallest absolute Gasteiger partial charge is 0.255 e. The Morgan fingerprint density at radius 1 is 1.00 bits per heavy atom. The van der Waals surface area contributed by atoms with Gasteiger partial charge in [0.15, 0.2) is 0 Å². The summed E-state index contributed by atoms with van der Waals surface area (Å²) in [6, 6.07) is 21.0. The summed E-state index contributed by atoms with van der Waals surface area (Å²) in [5.41, 5.74) is 4.38. The van der Waals surface area contributed by atoms with Crippen molar-refractivity contribution in [3.8, 4) is 11.3 Å². The summed E-state index contributed by atoms with van der Waals surface area (Å²) in [6.45, 7) is 0. The summed E-state index contributed by atoms with van der Waals surface area (Å²) >= 11 is 3.40. The maximum Gasteiger partial charge on any atom is 0.255 e. The van der Waals surface area contributed by atoms with Crippen molar-refractivity contribution in [3.05, 3.63) is 84.1 Å². The first-order valence-electron chi connectivity index (χ1n) is 7.24. The second-order valence-electron chi connectivity index (χ2n) is 5.08.